The molecule has 0 saturated carbocycles. The molecular formula is C28H24O3. The van der Waals surface area contributed by atoms with Gasteiger partial charge < -0.3 is 9.15 Å². The van der Waals surface area contributed by atoms with E-state index >= 15 is 0 Å². The van der Waals surface area contributed by atoms with E-state index in [9.17, 15) is 4.79 Å². The van der Waals surface area contributed by atoms with Crippen LogP contribution in [0.4, 0.5) is 0 Å². The van der Waals surface area contributed by atoms with Crippen molar-refractivity contribution in [3.63, 3.8) is 0 Å². The maximum Gasteiger partial charge on any atom is 0.344 e. The molecule has 0 aliphatic heterocycles. The number of benzene rings is 3. The Morgan fingerprint density at radius 1 is 0.806 bits per heavy atom. The second-order valence-electron chi connectivity index (χ2n) is 7.20. The second kappa shape index (κ2) is 9.77. The largest absolute Gasteiger partial charge is 0.497 e. The van der Waals surface area contributed by atoms with Crippen molar-refractivity contribution in [1.29, 1.82) is 0 Å². The lowest BCUT2D eigenvalue weighted by Crippen LogP contribution is -2.04. The third-order valence-electron chi connectivity index (χ3n) is 5.16. The summed E-state index contributed by atoms with van der Waals surface area (Å²) in [5, 5.41) is 1.53. The first-order chi connectivity index (χ1) is 15.3. The molecule has 0 N–H and O–H groups in total. The van der Waals surface area contributed by atoms with Crippen molar-refractivity contribution in [3.05, 3.63) is 119 Å². The summed E-state index contributed by atoms with van der Waals surface area (Å²) < 4.78 is 11.0. The molecule has 154 valence electrons. The second-order valence-corrected chi connectivity index (χ2v) is 7.20. The number of hydrogen-bond donors (Lipinski definition) is 0. The van der Waals surface area contributed by atoms with Crippen molar-refractivity contribution in [1.82, 2.24) is 0 Å². The average Bonchev–Trinajstić information content (AvgIpc) is 2.83. The Bertz CT molecular complexity index is 1260. The predicted molar refractivity (Wildman–Crippen MR) is 127 cm³/mol. The molecule has 0 amide bonds. The molecule has 0 unspecified atom stereocenters. The van der Waals surface area contributed by atoms with Crippen LogP contribution < -0.4 is 10.4 Å². The number of hydrogen-bond acceptors (Lipinski definition) is 3. The van der Waals surface area contributed by atoms with Gasteiger partial charge in [-0.3, -0.25) is 0 Å². The minimum absolute atomic E-state index is 0.319. The van der Waals surface area contributed by atoms with Crippen molar-refractivity contribution in [3.8, 4) is 17.1 Å². The molecule has 31 heavy (non-hydrogen) atoms. The van der Waals surface area contributed by atoms with Crippen molar-refractivity contribution < 1.29 is 9.15 Å². The smallest absolute Gasteiger partial charge is 0.344 e. The van der Waals surface area contributed by atoms with Gasteiger partial charge in [0.05, 0.1) is 12.5 Å². The Labute approximate surface area is 181 Å². The van der Waals surface area contributed by atoms with Gasteiger partial charge in [-0.1, -0.05) is 72.8 Å². The predicted octanol–water partition coefficient (Wildman–Crippen LogP) is 6.67. The van der Waals surface area contributed by atoms with E-state index in [2.05, 4.69) is 36.4 Å². The number of allylic oxidation sites excluding steroid dienone is 3. The van der Waals surface area contributed by atoms with Crippen molar-refractivity contribution in [2.45, 2.75) is 12.8 Å². The molecule has 0 spiro atoms. The van der Waals surface area contributed by atoms with E-state index in [1.165, 1.54) is 5.56 Å². The van der Waals surface area contributed by atoms with Crippen molar-refractivity contribution in [2.24, 2.45) is 0 Å². The lowest BCUT2D eigenvalue weighted by molar-refractivity contribution is 0.415. The minimum Gasteiger partial charge on any atom is -0.497 e. The van der Waals surface area contributed by atoms with Gasteiger partial charge in [0.25, 0.3) is 0 Å². The van der Waals surface area contributed by atoms with Crippen LogP contribution in [0.5, 0.6) is 5.75 Å². The van der Waals surface area contributed by atoms with E-state index in [0.29, 0.717) is 17.6 Å². The van der Waals surface area contributed by atoms with Gasteiger partial charge in [0.2, 0.25) is 0 Å². The Hall–Kier alpha value is -3.85. The standard InChI is InChI=1S/C28H24O3/c1-30-23-19-17-22(18-20-23)27-25(24-14-9-10-16-26(24)28(29)31-27)15-8-3-2-5-11-21-12-6-4-7-13-21/h3-14,16-20H,2,15H2,1H3/b8-3+,11-5+. The topological polar surface area (TPSA) is 39.4 Å². The summed E-state index contributed by atoms with van der Waals surface area (Å²) >= 11 is 0. The van der Waals surface area contributed by atoms with Crippen LogP contribution >= 0.6 is 0 Å². The molecule has 0 aliphatic carbocycles. The first-order valence-corrected chi connectivity index (χ1v) is 10.3. The molecule has 4 rings (SSSR count). The highest BCUT2D eigenvalue weighted by molar-refractivity contribution is 5.88. The van der Waals surface area contributed by atoms with Gasteiger partial charge >= 0.3 is 5.63 Å². The average molecular weight is 408 g/mol. The number of methoxy groups -OCH3 is 1. The molecule has 0 radical (unpaired) electrons. The highest BCUT2D eigenvalue weighted by atomic mass is 16.5. The van der Waals surface area contributed by atoms with Crippen molar-refractivity contribution >= 4 is 16.8 Å². The van der Waals surface area contributed by atoms with Crippen LogP contribution in [0, 0.1) is 0 Å². The maximum atomic E-state index is 12.6. The van der Waals surface area contributed by atoms with E-state index in [0.717, 1.165) is 28.7 Å². The Morgan fingerprint density at radius 2 is 1.52 bits per heavy atom. The van der Waals surface area contributed by atoms with Gasteiger partial charge in [0, 0.05) is 11.1 Å². The lowest BCUT2D eigenvalue weighted by atomic mass is 9.98. The Kier molecular flexibility index (Phi) is 6.44. The summed E-state index contributed by atoms with van der Waals surface area (Å²) in [7, 11) is 1.63. The van der Waals surface area contributed by atoms with E-state index in [4.69, 9.17) is 9.15 Å². The van der Waals surface area contributed by atoms with Crippen LogP contribution in [0.3, 0.4) is 0 Å². The normalized spacial score (nSPS) is 11.5. The molecule has 3 nitrogen and oxygen atoms in total. The first-order valence-electron chi connectivity index (χ1n) is 10.3. The zero-order valence-electron chi connectivity index (χ0n) is 17.5. The van der Waals surface area contributed by atoms with Crippen LogP contribution in [-0.2, 0) is 6.42 Å². The number of rotatable bonds is 7. The molecule has 0 atom stereocenters. The summed E-state index contributed by atoms with van der Waals surface area (Å²) in [4.78, 5) is 12.6. The Morgan fingerprint density at radius 3 is 2.26 bits per heavy atom. The van der Waals surface area contributed by atoms with Crippen LogP contribution in [0.1, 0.15) is 17.5 Å². The highest BCUT2D eigenvalue weighted by Crippen LogP contribution is 2.30. The zero-order chi connectivity index (χ0) is 21.5. The molecule has 4 aromatic rings. The third kappa shape index (κ3) is 4.84. The summed E-state index contributed by atoms with van der Waals surface area (Å²) in [6, 6.07) is 25.4. The van der Waals surface area contributed by atoms with Gasteiger partial charge in [-0.15, -0.1) is 0 Å². The number of ether oxygens (including phenoxy) is 1. The monoisotopic (exact) mass is 408 g/mol. The maximum absolute atomic E-state index is 12.6. The van der Waals surface area contributed by atoms with Gasteiger partial charge in [-0.25, -0.2) is 4.79 Å². The van der Waals surface area contributed by atoms with E-state index in [-0.39, 0.29) is 5.63 Å². The van der Waals surface area contributed by atoms with Gasteiger partial charge in [0.1, 0.15) is 11.5 Å². The van der Waals surface area contributed by atoms with Crippen LogP contribution in [0.25, 0.3) is 28.2 Å². The van der Waals surface area contributed by atoms with E-state index < -0.39 is 0 Å². The minimum atomic E-state index is -0.319. The third-order valence-corrected chi connectivity index (χ3v) is 5.16. The summed E-state index contributed by atoms with van der Waals surface area (Å²) in [6.07, 6.45) is 10.0. The summed E-state index contributed by atoms with van der Waals surface area (Å²) in [6.45, 7) is 0. The quantitative estimate of drug-likeness (QED) is 0.321. The van der Waals surface area contributed by atoms with Gasteiger partial charge in [0.15, 0.2) is 0 Å². The van der Waals surface area contributed by atoms with Crippen LogP contribution in [0.2, 0.25) is 0 Å². The van der Waals surface area contributed by atoms with E-state index in [1.54, 1.807) is 7.11 Å². The lowest BCUT2D eigenvalue weighted by Gasteiger charge is -2.11. The molecule has 0 saturated heterocycles. The molecule has 0 fully saturated rings. The van der Waals surface area contributed by atoms with Crippen molar-refractivity contribution in [2.75, 3.05) is 7.11 Å². The highest BCUT2D eigenvalue weighted by Gasteiger charge is 2.14. The van der Waals surface area contributed by atoms with Gasteiger partial charge in [-0.2, -0.15) is 0 Å². The fourth-order valence-corrected chi connectivity index (χ4v) is 3.58. The molecule has 3 aromatic carbocycles. The summed E-state index contributed by atoms with van der Waals surface area (Å²) in [5.41, 5.74) is 2.73. The molecule has 1 heterocycles. The fourth-order valence-electron chi connectivity index (χ4n) is 3.58. The molecule has 0 aliphatic rings. The van der Waals surface area contributed by atoms with Crippen LogP contribution in [-0.4, -0.2) is 7.11 Å². The first kappa shape index (κ1) is 20.4. The van der Waals surface area contributed by atoms with Crippen LogP contribution in [0.15, 0.2) is 106 Å². The fraction of sp³-hybridized carbons (Fsp3) is 0.107. The molecule has 3 heteroatoms. The molecule has 0 bridgehead atoms. The zero-order valence-corrected chi connectivity index (χ0v) is 17.5. The van der Waals surface area contributed by atoms with Gasteiger partial charge in [-0.05, 0) is 54.1 Å². The SMILES string of the molecule is COc1ccc(-c2oc(=O)c3ccccc3c2C/C=C/C/C=C/c2ccccc2)cc1. The summed E-state index contributed by atoms with van der Waals surface area (Å²) in [5.74, 6) is 1.37. The molecular weight excluding hydrogens is 384 g/mol. The molecule has 1 aromatic heterocycles. The van der Waals surface area contributed by atoms with E-state index in [1.807, 2.05) is 66.7 Å². The Balaban J connectivity index is 1.62. The number of fused-ring (bicyclic) bond motifs is 1.